The predicted molar refractivity (Wildman–Crippen MR) is 102 cm³/mol. The molecule has 4 aromatic rings. The summed E-state index contributed by atoms with van der Waals surface area (Å²) in [7, 11) is 0. The molecule has 0 atom stereocenters. The molecule has 3 heterocycles. The minimum Gasteiger partial charge on any atom is -0.257 e. The topological polar surface area (TPSA) is 72.3 Å². The van der Waals surface area contributed by atoms with Gasteiger partial charge in [-0.25, -0.2) is 9.67 Å². The van der Waals surface area contributed by atoms with Crippen LogP contribution in [0.15, 0.2) is 42.9 Å². The van der Waals surface area contributed by atoms with Gasteiger partial charge in [-0.1, -0.05) is 6.07 Å². The number of pyridine rings is 1. The molecule has 1 aromatic carbocycles. The van der Waals surface area contributed by atoms with Gasteiger partial charge in [0.15, 0.2) is 5.82 Å². The summed E-state index contributed by atoms with van der Waals surface area (Å²) < 4.78 is 66.3. The summed E-state index contributed by atoms with van der Waals surface area (Å²) in [5, 5.41) is 18.5. The van der Waals surface area contributed by atoms with Gasteiger partial charge in [-0.3, -0.25) is 4.68 Å². The summed E-state index contributed by atoms with van der Waals surface area (Å²) in [6.07, 6.45) is -1.60. The second kappa shape index (κ2) is 6.73. The van der Waals surface area contributed by atoms with Crippen LogP contribution in [-0.2, 0) is 12.0 Å². The number of hydrogen-bond acceptors (Lipinski definition) is 4. The second-order valence-corrected chi connectivity index (χ2v) is 7.69. The van der Waals surface area contributed by atoms with Crippen LogP contribution in [0, 0.1) is 11.3 Å². The first-order valence-electron chi connectivity index (χ1n) is 9.09. The van der Waals surface area contributed by atoms with Crippen LogP contribution in [0.5, 0.6) is 0 Å². The van der Waals surface area contributed by atoms with E-state index in [-0.39, 0.29) is 5.52 Å². The van der Waals surface area contributed by atoms with Crippen molar-refractivity contribution in [1.29, 1.82) is 5.26 Å². The van der Waals surface area contributed by atoms with Crippen molar-refractivity contribution in [3.05, 3.63) is 48.4 Å². The van der Waals surface area contributed by atoms with Crippen LogP contribution in [0.25, 0.3) is 27.6 Å². The number of alkyl halides is 5. The quantitative estimate of drug-likeness (QED) is 0.434. The van der Waals surface area contributed by atoms with Gasteiger partial charge >= 0.3 is 12.1 Å². The molecule has 0 unspecified atom stereocenters. The van der Waals surface area contributed by atoms with Gasteiger partial charge in [-0.05, 0) is 37.6 Å². The van der Waals surface area contributed by atoms with Gasteiger partial charge in [0, 0.05) is 17.0 Å². The van der Waals surface area contributed by atoms with E-state index in [1.54, 1.807) is 26.1 Å². The molecule has 6 nitrogen and oxygen atoms in total. The van der Waals surface area contributed by atoms with Crippen LogP contribution in [0.2, 0.25) is 0 Å². The molecule has 0 radical (unpaired) electrons. The van der Waals surface area contributed by atoms with Crippen molar-refractivity contribution in [3.8, 4) is 11.9 Å². The largest absolute Gasteiger partial charge is 0.455 e. The predicted octanol–water partition coefficient (Wildman–Crippen LogP) is 4.77. The number of fused-ring (bicyclic) bond motifs is 2. The first-order valence-corrected chi connectivity index (χ1v) is 9.09. The Morgan fingerprint density at radius 3 is 2.45 bits per heavy atom. The molecule has 0 aliphatic heterocycles. The van der Waals surface area contributed by atoms with E-state index in [4.69, 9.17) is 0 Å². The Kier molecular flexibility index (Phi) is 4.50. The number of halogens is 5. The number of rotatable bonds is 4. The maximum Gasteiger partial charge on any atom is 0.455 e. The third-order valence-electron chi connectivity index (χ3n) is 5.02. The van der Waals surface area contributed by atoms with Crippen LogP contribution in [0.4, 0.5) is 22.0 Å². The van der Waals surface area contributed by atoms with E-state index in [9.17, 15) is 27.2 Å². The van der Waals surface area contributed by atoms with Crippen molar-refractivity contribution < 1.29 is 22.0 Å². The molecule has 0 saturated carbocycles. The molecule has 4 rings (SSSR count). The molecule has 3 aromatic heterocycles. The lowest BCUT2D eigenvalue weighted by Gasteiger charge is -2.19. The standard InChI is InChI=1S/C20H15F5N6/c1-18(2,10-26)14-3-4-15-13(5-14)9-30(29-15)17-6-12-7-28-31(16(12)8-27-17)11-19(21,22)20(23,24)25/h3-9H,11H2,1-2H3. The molecular weight excluding hydrogens is 419 g/mol. The highest BCUT2D eigenvalue weighted by Gasteiger charge is 2.57. The minimum absolute atomic E-state index is 0.0439. The Morgan fingerprint density at radius 1 is 1.03 bits per heavy atom. The van der Waals surface area contributed by atoms with E-state index >= 15 is 0 Å². The van der Waals surface area contributed by atoms with Crippen LogP contribution in [-0.4, -0.2) is 36.6 Å². The van der Waals surface area contributed by atoms with Crippen molar-refractivity contribution >= 4 is 21.8 Å². The van der Waals surface area contributed by atoms with Crippen LogP contribution in [0.3, 0.4) is 0 Å². The molecular formula is C20H15F5N6. The highest BCUT2D eigenvalue weighted by Crippen LogP contribution is 2.37. The molecule has 0 aliphatic carbocycles. The summed E-state index contributed by atoms with van der Waals surface area (Å²) in [5.74, 6) is -4.58. The lowest BCUT2D eigenvalue weighted by atomic mass is 9.86. The van der Waals surface area contributed by atoms with Gasteiger partial charge in [0.05, 0.1) is 34.9 Å². The molecule has 11 heteroatoms. The van der Waals surface area contributed by atoms with Crippen LogP contribution >= 0.6 is 0 Å². The van der Waals surface area contributed by atoms with E-state index in [0.717, 1.165) is 10.9 Å². The monoisotopic (exact) mass is 434 g/mol. The molecule has 0 spiro atoms. The van der Waals surface area contributed by atoms with Crippen molar-refractivity contribution in [2.24, 2.45) is 0 Å². The molecule has 160 valence electrons. The fourth-order valence-electron chi connectivity index (χ4n) is 3.09. The lowest BCUT2D eigenvalue weighted by molar-refractivity contribution is -0.287. The SMILES string of the molecule is CC(C)(C#N)c1ccc2nn(-c3cc4cnn(CC(F)(F)C(F)(F)F)c4cn3)cc2c1. The molecule has 0 aliphatic rings. The van der Waals surface area contributed by atoms with Crippen LogP contribution < -0.4 is 0 Å². The zero-order valence-corrected chi connectivity index (χ0v) is 16.3. The van der Waals surface area contributed by atoms with Crippen molar-refractivity contribution in [1.82, 2.24) is 24.5 Å². The summed E-state index contributed by atoms with van der Waals surface area (Å²) >= 11 is 0. The van der Waals surface area contributed by atoms with Crippen molar-refractivity contribution in [3.63, 3.8) is 0 Å². The molecule has 0 fully saturated rings. The van der Waals surface area contributed by atoms with E-state index in [2.05, 4.69) is 21.3 Å². The Bertz CT molecular complexity index is 1330. The van der Waals surface area contributed by atoms with E-state index in [1.807, 2.05) is 12.1 Å². The van der Waals surface area contributed by atoms with Gasteiger partial charge < -0.3 is 0 Å². The smallest absolute Gasteiger partial charge is 0.257 e. The molecule has 0 N–H and O–H groups in total. The average Bonchev–Trinajstić information content (AvgIpc) is 3.30. The highest BCUT2D eigenvalue weighted by molar-refractivity contribution is 5.81. The number of benzene rings is 1. The van der Waals surface area contributed by atoms with E-state index < -0.39 is 24.1 Å². The average molecular weight is 434 g/mol. The number of nitrogens with zero attached hydrogens (tertiary/aromatic N) is 6. The first-order chi connectivity index (χ1) is 14.4. The summed E-state index contributed by atoms with van der Waals surface area (Å²) in [6.45, 7) is 1.96. The third kappa shape index (κ3) is 3.58. The summed E-state index contributed by atoms with van der Waals surface area (Å²) in [4.78, 5) is 4.15. The Balaban J connectivity index is 1.70. The van der Waals surface area contributed by atoms with Crippen molar-refractivity contribution in [2.75, 3.05) is 0 Å². The summed E-state index contributed by atoms with van der Waals surface area (Å²) in [6, 6.07) is 9.16. The molecule has 0 bridgehead atoms. The Labute approximate surface area is 172 Å². The molecule has 0 amide bonds. The fourth-order valence-corrected chi connectivity index (χ4v) is 3.09. The van der Waals surface area contributed by atoms with Gasteiger partial charge in [-0.15, -0.1) is 0 Å². The third-order valence-corrected chi connectivity index (χ3v) is 5.02. The maximum atomic E-state index is 13.4. The first kappa shape index (κ1) is 20.7. The van der Waals surface area contributed by atoms with Crippen molar-refractivity contribution in [2.45, 2.75) is 37.9 Å². The van der Waals surface area contributed by atoms with Gasteiger partial charge in [0.25, 0.3) is 0 Å². The lowest BCUT2D eigenvalue weighted by Crippen LogP contribution is -2.40. The van der Waals surface area contributed by atoms with E-state index in [1.165, 1.54) is 23.1 Å². The minimum atomic E-state index is -5.67. The van der Waals surface area contributed by atoms with Gasteiger partial charge in [0.1, 0.15) is 6.54 Å². The molecule has 31 heavy (non-hydrogen) atoms. The summed E-state index contributed by atoms with van der Waals surface area (Å²) in [5.41, 5.74) is 0.834. The van der Waals surface area contributed by atoms with Gasteiger partial charge in [-0.2, -0.15) is 37.4 Å². The van der Waals surface area contributed by atoms with Gasteiger partial charge in [0.2, 0.25) is 0 Å². The van der Waals surface area contributed by atoms with E-state index in [0.29, 0.717) is 21.4 Å². The second-order valence-electron chi connectivity index (χ2n) is 7.69. The number of aromatic nitrogens is 5. The Morgan fingerprint density at radius 2 is 1.77 bits per heavy atom. The zero-order chi connectivity index (χ0) is 22.6. The number of hydrogen-bond donors (Lipinski definition) is 0. The van der Waals surface area contributed by atoms with Crippen LogP contribution in [0.1, 0.15) is 19.4 Å². The molecule has 0 saturated heterocycles. The normalized spacial score (nSPS) is 13.1. The number of nitriles is 1. The fraction of sp³-hybridized carbons (Fsp3) is 0.300. The highest BCUT2D eigenvalue weighted by atomic mass is 19.4. The zero-order valence-electron chi connectivity index (χ0n) is 16.3. The Hall–Kier alpha value is -3.55. The maximum absolute atomic E-state index is 13.4.